The maximum absolute atomic E-state index is 4.99. The minimum absolute atomic E-state index is 0.972. The van der Waals surface area contributed by atoms with Crippen molar-refractivity contribution in [3.63, 3.8) is 0 Å². The molecule has 0 radical (unpaired) electrons. The van der Waals surface area contributed by atoms with Crippen LogP contribution in [-0.2, 0) is 0 Å². The quantitative estimate of drug-likeness (QED) is 0.198. The van der Waals surface area contributed by atoms with Crippen LogP contribution in [0.1, 0.15) is 0 Å². The lowest BCUT2D eigenvalue weighted by atomic mass is 9.98. The molecule has 0 aliphatic carbocycles. The van der Waals surface area contributed by atoms with E-state index < -0.39 is 0 Å². The predicted molar refractivity (Wildman–Crippen MR) is 179 cm³/mol. The van der Waals surface area contributed by atoms with Crippen LogP contribution in [-0.4, -0.2) is 18.5 Å². The molecule has 4 heteroatoms. The van der Waals surface area contributed by atoms with E-state index in [-0.39, 0.29) is 0 Å². The van der Waals surface area contributed by atoms with Gasteiger partial charge in [0.25, 0.3) is 0 Å². The Morgan fingerprint density at radius 3 is 1.74 bits per heavy atom. The van der Waals surface area contributed by atoms with Crippen molar-refractivity contribution < 1.29 is 0 Å². The monoisotopic (exact) mass is 548 g/mol. The molecule has 0 unspecified atom stereocenters. The molecule has 0 saturated carbocycles. The Bertz CT molecular complexity index is 2710. The summed E-state index contributed by atoms with van der Waals surface area (Å²) < 4.78 is 7.09. The third kappa shape index (κ3) is 2.92. The lowest BCUT2D eigenvalue weighted by molar-refractivity contribution is 1.18. The van der Waals surface area contributed by atoms with Crippen molar-refractivity contribution in [3.8, 4) is 11.4 Å². The number of pyridine rings is 1. The molecule has 0 saturated heterocycles. The van der Waals surface area contributed by atoms with Gasteiger partial charge in [0.2, 0.25) is 0 Å². The van der Waals surface area contributed by atoms with Gasteiger partial charge in [0.15, 0.2) is 0 Å². The van der Waals surface area contributed by atoms with E-state index in [1.807, 2.05) is 6.20 Å². The average molecular weight is 549 g/mol. The smallest absolute Gasteiger partial charge is 0.147 e. The molecule has 0 spiro atoms. The maximum atomic E-state index is 4.99. The Kier molecular flexibility index (Phi) is 4.42. The lowest BCUT2D eigenvalue weighted by Crippen LogP contribution is -1.97. The van der Waals surface area contributed by atoms with Crippen molar-refractivity contribution in [1.29, 1.82) is 0 Å². The molecular formula is C39H24N4. The van der Waals surface area contributed by atoms with Gasteiger partial charge in [-0.3, -0.25) is 4.40 Å². The van der Waals surface area contributed by atoms with Crippen molar-refractivity contribution >= 4 is 70.9 Å². The van der Waals surface area contributed by atoms with Gasteiger partial charge in [-0.15, -0.1) is 0 Å². The first-order chi connectivity index (χ1) is 21.4. The average Bonchev–Trinajstić information content (AvgIpc) is 3.78. The molecule has 0 bridgehead atoms. The molecule has 4 heterocycles. The van der Waals surface area contributed by atoms with E-state index in [0.717, 1.165) is 22.5 Å². The molecule has 0 aliphatic heterocycles. The number of imidazole rings is 1. The number of benzene rings is 6. The van der Waals surface area contributed by atoms with E-state index in [0.29, 0.717) is 0 Å². The van der Waals surface area contributed by atoms with Crippen molar-refractivity contribution in [2.75, 3.05) is 0 Å². The fourth-order valence-corrected chi connectivity index (χ4v) is 7.40. The van der Waals surface area contributed by atoms with E-state index in [1.165, 1.54) is 59.8 Å². The van der Waals surface area contributed by atoms with Crippen LogP contribution in [0.3, 0.4) is 0 Å². The summed E-state index contributed by atoms with van der Waals surface area (Å²) >= 11 is 0. The van der Waals surface area contributed by atoms with Crippen LogP contribution in [0.25, 0.3) is 82.3 Å². The molecule has 0 amide bonds. The minimum atomic E-state index is 0.972. The van der Waals surface area contributed by atoms with Crippen LogP contribution in [0.4, 0.5) is 0 Å². The van der Waals surface area contributed by atoms with Gasteiger partial charge in [0.1, 0.15) is 5.65 Å². The molecular weight excluding hydrogens is 524 g/mol. The number of para-hydroxylation sites is 4. The first-order valence-corrected chi connectivity index (χ1v) is 14.7. The van der Waals surface area contributed by atoms with E-state index in [4.69, 9.17) is 4.98 Å². The van der Waals surface area contributed by atoms with Gasteiger partial charge >= 0.3 is 0 Å². The van der Waals surface area contributed by atoms with Crippen molar-refractivity contribution in [3.05, 3.63) is 146 Å². The highest BCUT2D eigenvalue weighted by Gasteiger charge is 2.22. The SMILES string of the molecule is c1ccc(-n2c3ccccc3c3c4c5ccc6c7ccccc7n(-c7ccccc7)c6c5c5nccn5c4ccc32)cc1. The normalized spacial score (nSPS) is 12.2. The molecule has 4 nitrogen and oxygen atoms in total. The molecule has 0 atom stereocenters. The zero-order chi connectivity index (χ0) is 28.1. The summed E-state index contributed by atoms with van der Waals surface area (Å²) in [5.74, 6) is 0. The lowest BCUT2D eigenvalue weighted by Gasteiger charge is -2.14. The van der Waals surface area contributed by atoms with E-state index in [2.05, 4.69) is 153 Å². The van der Waals surface area contributed by atoms with Gasteiger partial charge in [-0.2, -0.15) is 0 Å². The third-order valence-electron chi connectivity index (χ3n) is 9.08. The van der Waals surface area contributed by atoms with Gasteiger partial charge in [-0.25, -0.2) is 4.98 Å². The Morgan fingerprint density at radius 2 is 0.977 bits per heavy atom. The standard InChI is InChI=1S/C39H24N4/c1-3-11-25(12-4-1)42-32-18-10-8-16-29(32)35-34(42)22-21-33-36(35)30-20-19-28-27-15-7-9-17-31(27)43(26-13-5-2-6-14-26)38(28)37(30)39-40-23-24-41(33)39/h1-24H. The summed E-state index contributed by atoms with van der Waals surface area (Å²) in [4.78, 5) is 4.99. The summed E-state index contributed by atoms with van der Waals surface area (Å²) in [5.41, 5.74) is 9.22. The molecule has 200 valence electrons. The fraction of sp³-hybridized carbons (Fsp3) is 0. The van der Waals surface area contributed by atoms with Gasteiger partial charge in [0.05, 0.1) is 33.0 Å². The number of fused-ring (bicyclic) bond motifs is 14. The molecule has 0 fully saturated rings. The molecule has 10 rings (SSSR count). The summed E-state index contributed by atoms with van der Waals surface area (Å²) in [5, 5.41) is 8.61. The van der Waals surface area contributed by atoms with E-state index in [9.17, 15) is 0 Å². The molecule has 0 N–H and O–H groups in total. The first-order valence-electron chi connectivity index (χ1n) is 14.7. The van der Waals surface area contributed by atoms with E-state index >= 15 is 0 Å². The van der Waals surface area contributed by atoms with Gasteiger partial charge in [0, 0.05) is 50.7 Å². The van der Waals surface area contributed by atoms with E-state index in [1.54, 1.807) is 0 Å². The van der Waals surface area contributed by atoms with Gasteiger partial charge in [-0.05, 0) is 53.9 Å². The summed E-state index contributed by atoms with van der Waals surface area (Å²) in [7, 11) is 0. The zero-order valence-corrected chi connectivity index (χ0v) is 23.1. The van der Waals surface area contributed by atoms with Crippen LogP contribution in [0.2, 0.25) is 0 Å². The highest BCUT2D eigenvalue weighted by Crippen LogP contribution is 2.44. The Morgan fingerprint density at radius 1 is 0.395 bits per heavy atom. The summed E-state index contributed by atoms with van der Waals surface area (Å²) in [6, 6.07) is 48.1. The molecule has 4 aromatic heterocycles. The highest BCUT2D eigenvalue weighted by molar-refractivity contribution is 6.33. The van der Waals surface area contributed by atoms with Crippen molar-refractivity contribution in [2.45, 2.75) is 0 Å². The fourth-order valence-electron chi connectivity index (χ4n) is 7.40. The largest absolute Gasteiger partial charge is 0.309 e. The van der Waals surface area contributed by atoms with Crippen molar-refractivity contribution in [2.24, 2.45) is 0 Å². The summed E-state index contributed by atoms with van der Waals surface area (Å²) in [6.07, 6.45) is 4.04. The second-order valence-corrected chi connectivity index (χ2v) is 11.2. The summed E-state index contributed by atoms with van der Waals surface area (Å²) in [6.45, 7) is 0. The molecule has 6 aromatic carbocycles. The zero-order valence-electron chi connectivity index (χ0n) is 23.1. The molecule has 0 aliphatic rings. The topological polar surface area (TPSA) is 27.2 Å². The first kappa shape index (κ1) is 22.8. The molecule has 10 aromatic rings. The number of hydrogen-bond donors (Lipinski definition) is 0. The van der Waals surface area contributed by atoms with Crippen LogP contribution < -0.4 is 0 Å². The number of hydrogen-bond acceptors (Lipinski definition) is 1. The number of aromatic nitrogens is 4. The van der Waals surface area contributed by atoms with Crippen molar-refractivity contribution in [1.82, 2.24) is 18.5 Å². The Hall–Kier alpha value is -5.87. The van der Waals surface area contributed by atoms with Gasteiger partial charge in [-0.1, -0.05) is 84.9 Å². The van der Waals surface area contributed by atoms with Gasteiger partial charge < -0.3 is 9.13 Å². The van der Waals surface area contributed by atoms with Crippen LogP contribution in [0, 0.1) is 0 Å². The second kappa shape index (κ2) is 8.34. The van der Waals surface area contributed by atoms with Crippen LogP contribution in [0.15, 0.2) is 146 Å². The Labute approximate surface area is 246 Å². The van der Waals surface area contributed by atoms with Crippen LogP contribution >= 0.6 is 0 Å². The molecule has 43 heavy (non-hydrogen) atoms. The van der Waals surface area contributed by atoms with Crippen LogP contribution in [0.5, 0.6) is 0 Å². The minimum Gasteiger partial charge on any atom is -0.309 e. The number of rotatable bonds is 2. The second-order valence-electron chi connectivity index (χ2n) is 11.2. The maximum Gasteiger partial charge on any atom is 0.147 e. The predicted octanol–water partition coefficient (Wildman–Crippen LogP) is 9.83. The highest BCUT2D eigenvalue weighted by atomic mass is 15.0. The third-order valence-corrected chi connectivity index (χ3v) is 9.08. The number of nitrogens with zero attached hydrogens (tertiary/aromatic N) is 4. The Balaban J connectivity index is 1.51.